The minimum absolute atomic E-state index is 0.340. The standard InChI is InChI=1S/C16H21N3O3/c1-12-17-16(22-18-12)13-7-8-19(11-13)9-10-21-15-6-4-3-5-14(15)20-2/h3-6,13H,7-11H2,1-2H3/t13-/m0/s1. The Hall–Kier alpha value is -2.08. The summed E-state index contributed by atoms with van der Waals surface area (Å²) in [5.41, 5.74) is 0. The van der Waals surface area contributed by atoms with Crippen molar-refractivity contribution >= 4 is 0 Å². The Morgan fingerprint density at radius 1 is 1.32 bits per heavy atom. The third-order valence-corrected chi connectivity index (χ3v) is 3.90. The van der Waals surface area contributed by atoms with Crippen molar-refractivity contribution < 1.29 is 14.0 Å². The summed E-state index contributed by atoms with van der Waals surface area (Å²) in [6.45, 7) is 5.33. The number of nitrogens with zero attached hydrogens (tertiary/aromatic N) is 3. The van der Waals surface area contributed by atoms with Gasteiger partial charge in [0.2, 0.25) is 5.89 Å². The number of likely N-dealkylation sites (tertiary alicyclic amines) is 1. The summed E-state index contributed by atoms with van der Waals surface area (Å²) in [6.07, 6.45) is 1.05. The van der Waals surface area contributed by atoms with E-state index in [4.69, 9.17) is 14.0 Å². The van der Waals surface area contributed by atoms with Crippen LogP contribution >= 0.6 is 0 Å². The minimum atomic E-state index is 0.340. The van der Waals surface area contributed by atoms with Crippen LogP contribution in [0.25, 0.3) is 0 Å². The second kappa shape index (κ2) is 6.79. The van der Waals surface area contributed by atoms with Crippen molar-refractivity contribution in [2.75, 3.05) is 33.4 Å². The molecule has 1 aromatic carbocycles. The van der Waals surface area contributed by atoms with Crippen LogP contribution in [0.5, 0.6) is 11.5 Å². The van der Waals surface area contributed by atoms with Gasteiger partial charge < -0.3 is 14.0 Å². The van der Waals surface area contributed by atoms with Crippen LogP contribution in [-0.4, -0.2) is 48.4 Å². The number of benzene rings is 1. The van der Waals surface area contributed by atoms with Gasteiger partial charge in [0.1, 0.15) is 6.61 Å². The molecule has 1 fully saturated rings. The van der Waals surface area contributed by atoms with Gasteiger partial charge >= 0.3 is 0 Å². The molecule has 2 aromatic rings. The maximum atomic E-state index is 5.82. The van der Waals surface area contributed by atoms with E-state index in [1.165, 1.54) is 0 Å². The highest BCUT2D eigenvalue weighted by Gasteiger charge is 2.27. The summed E-state index contributed by atoms with van der Waals surface area (Å²) in [5, 5.41) is 3.86. The Labute approximate surface area is 130 Å². The van der Waals surface area contributed by atoms with Crippen molar-refractivity contribution in [2.45, 2.75) is 19.3 Å². The van der Waals surface area contributed by atoms with Crippen LogP contribution in [0.1, 0.15) is 24.1 Å². The van der Waals surface area contributed by atoms with E-state index in [0.717, 1.165) is 43.4 Å². The molecule has 0 spiro atoms. The summed E-state index contributed by atoms with van der Waals surface area (Å²) in [5.74, 6) is 3.35. The normalized spacial score (nSPS) is 18.5. The van der Waals surface area contributed by atoms with Gasteiger partial charge in [-0.15, -0.1) is 0 Å². The molecule has 0 amide bonds. The van der Waals surface area contributed by atoms with E-state index in [2.05, 4.69) is 15.0 Å². The zero-order valence-corrected chi connectivity index (χ0v) is 13.0. The molecule has 6 heteroatoms. The first-order valence-electron chi connectivity index (χ1n) is 7.54. The molecule has 6 nitrogen and oxygen atoms in total. The number of para-hydroxylation sites is 2. The van der Waals surface area contributed by atoms with E-state index >= 15 is 0 Å². The Morgan fingerprint density at radius 3 is 2.86 bits per heavy atom. The molecule has 0 saturated carbocycles. The summed E-state index contributed by atoms with van der Waals surface area (Å²) in [7, 11) is 1.65. The van der Waals surface area contributed by atoms with Crippen LogP contribution in [0.15, 0.2) is 28.8 Å². The lowest BCUT2D eigenvalue weighted by molar-refractivity contribution is 0.227. The van der Waals surface area contributed by atoms with Gasteiger partial charge in [-0.1, -0.05) is 17.3 Å². The average molecular weight is 303 g/mol. The molecule has 0 radical (unpaired) electrons. The molecule has 0 unspecified atom stereocenters. The van der Waals surface area contributed by atoms with Gasteiger partial charge in [0.05, 0.1) is 13.0 Å². The molecule has 2 heterocycles. The number of hydrogen-bond acceptors (Lipinski definition) is 6. The summed E-state index contributed by atoms with van der Waals surface area (Å²) in [6, 6.07) is 7.71. The molecule has 1 atom stereocenters. The highest BCUT2D eigenvalue weighted by Crippen LogP contribution is 2.27. The lowest BCUT2D eigenvalue weighted by Crippen LogP contribution is -2.26. The number of ether oxygens (including phenoxy) is 2. The molecule has 1 aliphatic rings. The van der Waals surface area contributed by atoms with Crippen LogP contribution in [-0.2, 0) is 0 Å². The van der Waals surface area contributed by atoms with Gasteiger partial charge in [0.25, 0.3) is 0 Å². The Kier molecular flexibility index (Phi) is 4.58. The van der Waals surface area contributed by atoms with E-state index < -0.39 is 0 Å². The van der Waals surface area contributed by atoms with Crippen molar-refractivity contribution in [3.63, 3.8) is 0 Å². The molecule has 118 valence electrons. The maximum Gasteiger partial charge on any atom is 0.231 e. The van der Waals surface area contributed by atoms with Crippen molar-refractivity contribution in [3.8, 4) is 11.5 Å². The van der Waals surface area contributed by atoms with E-state index in [1.54, 1.807) is 7.11 Å². The van der Waals surface area contributed by atoms with Crippen LogP contribution in [0.2, 0.25) is 0 Å². The monoisotopic (exact) mass is 303 g/mol. The number of aryl methyl sites for hydroxylation is 1. The third kappa shape index (κ3) is 3.39. The van der Waals surface area contributed by atoms with Gasteiger partial charge in [-0.25, -0.2) is 0 Å². The van der Waals surface area contributed by atoms with Gasteiger partial charge in [-0.05, 0) is 32.0 Å². The molecule has 0 aliphatic carbocycles. The van der Waals surface area contributed by atoms with Crippen LogP contribution in [0, 0.1) is 6.92 Å². The molecular formula is C16H21N3O3. The number of methoxy groups -OCH3 is 1. The quantitative estimate of drug-likeness (QED) is 0.816. The van der Waals surface area contributed by atoms with Crippen LogP contribution in [0.3, 0.4) is 0 Å². The first kappa shape index (κ1) is 14.8. The molecule has 1 aliphatic heterocycles. The molecule has 1 saturated heterocycles. The van der Waals surface area contributed by atoms with Crippen molar-refractivity contribution in [2.24, 2.45) is 0 Å². The van der Waals surface area contributed by atoms with Gasteiger partial charge in [0.15, 0.2) is 17.3 Å². The molecule has 0 N–H and O–H groups in total. The van der Waals surface area contributed by atoms with E-state index in [9.17, 15) is 0 Å². The minimum Gasteiger partial charge on any atom is -0.493 e. The first-order chi connectivity index (χ1) is 10.8. The zero-order chi connectivity index (χ0) is 15.4. The smallest absolute Gasteiger partial charge is 0.231 e. The zero-order valence-electron chi connectivity index (χ0n) is 13.0. The lowest BCUT2D eigenvalue weighted by atomic mass is 10.1. The second-order valence-electron chi connectivity index (χ2n) is 5.47. The van der Waals surface area contributed by atoms with Gasteiger partial charge in [-0.2, -0.15) is 4.98 Å². The SMILES string of the molecule is COc1ccccc1OCCN1CC[C@H](c2nc(C)no2)C1. The fraction of sp³-hybridized carbons (Fsp3) is 0.500. The fourth-order valence-corrected chi connectivity index (χ4v) is 2.74. The number of rotatable bonds is 6. The maximum absolute atomic E-state index is 5.82. The Balaban J connectivity index is 1.47. The van der Waals surface area contributed by atoms with Crippen molar-refractivity contribution in [1.82, 2.24) is 15.0 Å². The topological polar surface area (TPSA) is 60.6 Å². The summed E-state index contributed by atoms with van der Waals surface area (Å²) >= 11 is 0. The predicted octanol–water partition coefficient (Wildman–Crippen LogP) is 2.25. The highest BCUT2D eigenvalue weighted by molar-refractivity contribution is 5.39. The lowest BCUT2D eigenvalue weighted by Gasteiger charge is -2.16. The van der Waals surface area contributed by atoms with Crippen LogP contribution in [0.4, 0.5) is 0 Å². The summed E-state index contributed by atoms with van der Waals surface area (Å²) in [4.78, 5) is 6.69. The third-order valence-electron chi connectivity index (χ3n) is 3.90. The Bertz CT molecular complexity index is 614. The predicted molar refractivity (Wildman–Crippen MR) is 81.3 cm³/mol. The van der Waals surface area contributed by atoms with E-state index in [0.29, 0.717) is 18.3 Å². The number of aromatic nitrogens is 2. The van der Waals surface area contributed by atoms with Gasteiger partial charge in [-0.3, -0.25) is 4.90 Å². The van der Waals surface area contributed by atoms with Crippen LogP contribution < -0.4 is 9.47 Å². The van der Waals surface area contributed by atoms with Gasteiger partial charge in [0, 0.05) is 13.1 Å². The molecule has 1 aromatic heterocycles. The van der Waals surface area contributed by atoms with E-state index in [1.807, 2.05) is 31.2 Å². The second-order valence-corrected chi connectivity index (χ2v) is 5.47. The average Bonchev–Trinajstić information content (AvgIpc) is 3.17. The first-order valence-corrected chi connectivity index (χ1v) is 7.54. The fourth-order valence-electron chi connectivity index (χ4n) is 2.74. The molecular weight excluding hydrogens is 282 g/mol. The van der Waals surface area contributed by atoms with Crippen molar-refractivity contribution in [3.05, 3.63) is 36.0 Å². The molecule has 3 rings (SSSR count). The summed E-state index contributed by atoms with van der Waals surface area (Å²) < 4.78 is 16.4. The molecule has 0 bridgehead atoms. The Morgan fingerprint density at radius 2 is 2.14 bits per heavy atom. The van der Waals surface area contributed by atoms with E-state index in [-0.39, 0.29) is 0 Å². The largest absolute Gasteiger partial charge is 0.493 e. The highest BCUT2D eigenvalue weighted by atomic mass is 16.5. The molecule has 22 heavy (non-hydrogen) atoms. The number of hydrogen-bond donors (Lipinski definition) is 0. The van der Waals surface area contributed by atoms with Crippen molar-refractivity contribution in [1.29, 1.82) is 0 Å².